The molecule has 19 heteroatoms. The van der Waals surface area contributed by atoms with Gasteiger partial charge in [-0.15, -0.1) is 0 Å². The number of rotatable bonds is 71. The van der Waals surface area contributed by atoms with E-state index in [1.807, 2.05) is 0 Å². The first-order valence-corrected chi connectivity index (χ1v) is 41.1. The highest BCUT2D eigenvalue weighted by molar-refractivity contribution is 7.47. The van der Waals surface area contributed by atoms with Crippen molar-refractivity contribution in [2.75, 3.05) is 39.6 Å². The molecule has 0 amide bonds. The fourth-order valence-corrected chi connectivity index (χ4v) is 11.5. The molecular weight excluding hydrogens is 1280 g/mol. The zero-order valence-corrected chi connectivity index (χ0v) is 63.2. The molecule has 3 N–H and O–H groups in total. The Hall–Kier alpha value is -4.28. The van der Waals surface area contributed by atoms with Gasteiger partial charge in [0.1, 0.15) is 19.3 Å². The Morgan fingerprint density at radius 2 is 0.531 bits per heavy atom. The van der Waals surface area contributed by atoms with Crippen molar-refractivity contribution in [3.8, 4) is 0 Å². The Morgan fingerprint density at radius 3 is 0.847 bits per heavy atom. The molecule has 98 heavy (non-hydrogen) atoms. The van der Waals surface area contributed by atoms with E-state index < -0.39 is 97.5 Å². The van der Waals surface area contributed by atoms with Gasteiger partial charge in [-0.05, 0) is 128 Å². The first-order valence-electron chi connectivity index (χ1n) is 38.1. The molecular formula is C79H136O17P2. The minimum Gasteiger partial charge on any atom is -0.462 e. The van der Waals surface area contributed by atoms with Crippen LogP contribution in [0.1, 0.15) is 310 Å². The molecule has 0 radical (unpaired) electrons. The summed E-state index contributed by atoms with van der Waals surface area (Å²) in [4.78, 5) is 72.8. The molecule has 0 bridgehead atoms. The van der Waals surface area contributed by atoms with Gasteiger partial charge in [-0.1, -0.05) is 265 Å². The first kappa shape index (κ1) is 93.7. The normalized spacial score (nSPS) is 14.6. The third-order valence-corrected chi connectivity index (χ3v) is 17.6. The lowest BCUT2D eigenvalue weighted by atomic mass is 10.0. The number of phosphoric ester groups is 2. The number of unbranched alkanes of at least 4 members (excludes halogenated alkanes) is 27. The van der Waals surface area contributed by atoms with Crippen molar-refractivity contribution < 1.29 is 80.2 Å². The number of phosphoric acid groups is 2. The highest BCUT2D eigenvalue weighted by Gasteiger charge is 2.30. The third kappa shape index (κ3) is 70.2. The van der Waals surface area contributed by atoms with Crippen LogP contribution in [-0.2, 0) is 65.4 Å². The van der Waals surface area contributed by atoms with Crippen LogP contribution in [0.15, 0.2) is 109 Å². The molecule has 17 nitrogen and oxygen atoms in total. The second-order valence-electron chi connectivity index (χ2n) is 25.2. The average Bonchev–Trinajstić information content (AvgIpc) is 1.04. The molecule has 0 aromatic rings. The Labute approximate surface area is 594 Å². The van der Waals surface area contributed by atoms with Crippen LogP contribution in [0.4, 0.5) is 0 Å². The van der Waals surface area contributed by atoms with Crippen molar-refractivity contribution in [1.82, 2.24) is 0 Å². The fraction of sp³-hybridized carbons (Fsp3) is 0.722. The third-order valence-electron chi connectivity index (χ3n) is 15.7. The molecule has 0 saturated carbocycles. The second-order valence-corrected chi connectivity index (χ2v) is 28.1. The van der Waals surface area contributed by atoms with Gasteiger partial charge in [0, 0.05) is 25.7 Å². The standard InChI is InChI=1S/C79H136O17P2/c1-5-9-13-17-21-25-29-33-36-40-43-47-51-55-59-63-76(81)89-69-74(95-78(83)65-61-57-53-49-45-39-32-28-24-20-16-12-8-4)71-93-97(85,86)91-67-73(80)68-92-98(87,88)94-72-75(96-79(84)66-62-58-54-50-46-42-38-35-31-27-23-19-15-11-7-3)70-90-77(82)64-60-56-52-48-44-41-37-34-30-26-22-18-14-10-6-2/h10-11,14-15,22-23,26-27,33-38,44,46,48,50,73-75,80H,5-9,12-13,16-21,24-25,28-32,39-43,45,47,49,51-72H2,1-4H3,(H,85,86)(H,87,88)/b14-10-,15-11-,26-22-,27-23-,36-33-,37-34-,38-35-,48-44-,50-46-. The number of esters is 4. The van der Waals surface area contributed by atoms with Gasteiger partial charge in [-0.3, -0.25) is 37.3 Å². The number of ether oxygens (including phenoxy) is 4. The zero-order chi connectivity index (χ0) is 71.8. The summed E-state index contributed by atoms with van der Waals surface area (Å²) in [6.07, 6.45) is 75.2. The molecule has 0 rings (SSSR count). The molecule has 0 heterocycles. The monoisotopic (exact) mass is 1420 g/mol. The van der Waals surface area contributed by atoms with Crippen LogP contribution < -0.4 is 0 Å². The number of hydrogen-bond donors (Lipinski definition) is 3. The van der Waals surface area contributed by atoms with Crippen LogP contribution >= 0.6 is 15.6 Å². The molecule has 5 atom stereocenters. The Bertz CT molecular complexity index is 2290. The molecule has 5 unspecified atom stereocenters. The summed E-state index contributed by atoms with van der Waals surface area (Å²) in [5.74, 6) is -2.27. The van der Waals surface area contributed by atoms with Crippen molar-refractivity contribution >= 4 is 39.5 Å². The maximum atomic E-state index is 13.1. The molecule has 564 valence electrons. The SMILES string of the molecule is CC/C=C\C/C=C\C/C=C\C/C=C\CCCCC(=O)OCC(COP(=O)(O)OCC(O)COP(=O)(O)OCC(COC(=O)CCCCCCC/C=C\CCCCCCCC)OC(=O)CCCCCCCCCCCCCCC)OC(=O)CCCC/C=C\C/C=C\C/C=C\C/C=C\CC. The van der Waals surface area contributed by atoms with E-state index in [1.54, 1.807) is 0 Å². The van der Waals surface area contributed by atoms with Crippen molar-refractivity contribution in [2.24, 2.45) is 0 Å². The summed E-state index contributed by atoms with van der Waals surface area (Å²) in [6.45, 7) is 4.55. The van der Waals surface area contributed by atoms with Gasteiger partial charge >= 0.3 is 39.5 Å². The minimum atomic E-state index is -4.99. The molecule has 0 saturated heterocycles. The van der Waals surface area contributed by atoms with Crippen LogP contribution in [-0.4, -0.2) is 96.7 Å². The van der Waals surface area contributed by atoms with E-state index in [9.17, 15) is 43.2 Å². The van der Waals surface area contributed by atoms with E-state index in [1.165, 1.54) is 89.9 Å². The van der Waals surface area contributed by atoms with Gasteiger partial charge in [0.15, 0.2) is 12.2 Å². The largest absolute Gasteiger partial charge is 0.472 e. The summed E-state index contributed by atoms with van der Waals surface area (Å²) in [6, 6.07) is 0. The van der Waals surface area contributed by atoms with Crippen molar-refractivity contribution in [3.63, 3.8) is 0 Å². The lowest BCUT2D eigenvalue weighted by Crippen LogP contribution is -2.30. The Balaban J connectivity index is 5.41. The molecule has 0 aliphatic rings. The van der Waals surface area contributed by atoms with E-state index >= 15 is 0 Å². The maximum absolute atomic E-state index is 13.1. The van der Waals surface area contributed by atoms with Gasteiger partial charge in [-0.2, -0.15) is 0 Å². The highest BCUT2D eigenvalue weighted by atomic mass is 31.2. The molecule has 0 aliphatic heterocycles. The summed E-state index contributed by atoms with van der Waals surface area (Å²) < 4.78 is 68.4. The average molecular weight is 1420 g/mol. The predicted molar refractivity (Wildman–Crippen MR) is 399 cm³/mol. The van der Waals surface area contributed by atoms with Crippen LogP contribution in [0, 0.1) is 0 Å². The molecule has 0 spiro atoms. The van der Waals surface area contributed by atoms with E-state index in [2.05, 4.69) is 137 Å². The lowest BCUT2D eigenvalue weighted by molar-refractivity contribution is -0.161. The van der Waals surface area contributed by atoms with E-state index in [0.717, 1.165) is 135 Å². The summed E-state index contributed by atoms with van der Waals surface area (Å²) in [5.41, 5.74) is 0. The molecule has 0 fully saturated rings. The fourth-order valence-electron chi connectivity index (χ4n) is 9.96. The van der Waals surface area contributed by atoms with Crippen LogP contribution in [0.25, 0.3) is 0 Å². The number of carbonyl (C=O) groups excluding carboxylic acids is 4. The topological polar surface area (TPSA) is 237 Å². The summed E-state index contributed by atoms with van der Waals surface area (Å²) in [5, 5.41) is 10.6. The van der Waals surface area contributed by atoms with Crippen molar-refractivity contribution in [3.05, 3.63) is 109 Å². The van der Waals surface area contributed by atoms with Crippen LogP contribution in [0.3, 0.4) is 0 Å². The quantitative estimate of drug-likeness (QED) is 0.0169. The van der Waals surface area contributed by atoms with Gasteiger partial charge < -0.3 is 33.8 Å². The van der Waals surface area contributed by atoms with Crippen LogP contribution in [0.2, 0.25) is 0 Å². The lowest BCUT2D eigenvalue weighted by Gasteiger charge is -2.21. The van der Waals surface area contributed by atoms with E-state index in [0.29, 0.717) is 32.1 Å². The van der Waals surface area contributed by atoms with Crippen molar-refractivity contribution in [1.29, 1.82) is 0 Å². The predicted octanol–water partition coefficient (Wildman–Crippen LogP) is 21.8. The molecule has 0 aliphatic carbocycles. The number of allylic oxidation sites excluding steroid dienone is 18. The number of hydrogen-bond acceptors (Lipinski definition) is 15. The van der Waals surface area contributed by atoms with Crippen molar-refractivity contribution in [2.45, 2.75) is 329 Å². The highest BCUT2D eigenvalue weighted by Crippen LogP contribution is 2.45. The summed E-state index contributed by atoms with van der Waals surface area (Å²) >= 11 is 0. The number of aliphatic hydroxyl groups is 1. The first-order chi connectivity index (χ1) is 47.7. The van der Waals surface area contributed by atoms with E-state index in [4.69, 9.17) is 37.0 Å². The number of carbonyl (C=O) groups is 4. The summed E-state index contributed by atoms with van der Waals surface area (Å²) in [7, 11) is -9.97. The van der Waals surface area contributed by atoms with E-state index in [-0.39, 0.29) is 25.7 Å². The Morgan fingerprint density at radius 1 is 0.296 bits per heavy atom. The van der Waals surface area contributed by atoms with Gasteiger partial charge in [0.25, 0.3) is 0 Å². The van der Waals surface area contributed by atoms with Gasteiger partial charge in [0.05, 0.1) is 26.4 Å². The second kappa shape index (κ2) is 71.1. The minimum absolute atomic E-state index is 0.0320. The zero-order valence-electron chi connectivity index (χ0n) is 61.4. The van der Waals surface area contributed by atoms with Gasteiger partial charge in [-0.25, -0.2) is 9.13 Å². The number of aliphatic hydroxyl groups excluding tert-OH is 1. The maximum Gasteiger partial charge on any atom is 0.472 e. The van der Waals surface area contributed by atoms with Gasteiger partial charge in [0.2, 0.25) is 0 Å². The van der Waals surface area contributed by atoms with Crippen LogP contribution in [0.5, 0.6) is 0 Å². The molecule has 0 aromatic heterocycles. The molecule has 0 aromatic carbocycles. The Kier molecular flexibility index (Phi) is 68.0. The smallest absolute Gasteiger partial charge is 0.462 e.